The largest absolute Gasteiger partial charge is 0.379 e. The molecule has 6 heteroatoms. The van der Waals surface area contributed by atoms with Gasteiger partial charge in [0, 0.05) is 13.7 Å². The lowest BCUT2D eigenvalue weighted by molar-refractivity contribution is -0.134. The van der Waals surface area contributed by atoms with Gasteiger partial charge in [0.2, 0.25) is 5.91 Å². The summed E-state index contributed by atoms with van der Waals surface area (Å²) in [6.45, 7) is 0.494. The molecule has 19 heavy (non-hydrogen) atoms. The SMILES string of the molecule is COC1CCCCC1NC(=O)[C@@H]1CC[C@H](CN)O1.Cl. The van der Waals surface area contributed by atoms with E-state index in [1.165, 1.54) is 6.42 Å². The Kier molecular flexibility index (Phi) is 7.07. The van der Waals surface area contributed by atoms with Gasteiger partial charge in [0.05, 0.1) is 18.2 Å². The lowest BCUT2D eigenvalue weighted by atomic mass is 9.92. The van der Waals surface area contributed by atoms with Crippen LogP contribution in [0.25, 0.3) is 0 Å². The third-order valence-corrected chi connectivity index (χ3v) is 4.00. The number of nitrogens with one attached hydrogen (secondary N) is 1. The summed E-state index contributed by atoms with van der Waals surface area (Å²) in [7, 11) is 1.71. The number of hydrogen-bond donors (Lipinski definition) is 2. The van der Waals surface area contributed by atoms with Gasteiger partial charge in [-0.2, -0.15) is 0 Å². The van der Waals surface area contributed by atoms with E-state index in [2.05, 4.69) is 5.32 Å². The van der Waals surface area contributed by atoms with Gasteiger partial charge in [0.25, 0.3) is 0 Å². The zero-order valence-electron chi connectivity index (χ0n) is 11.5. The highest BCUT2D eigenvalue weighted by atomic mass is 35.5. The van der Waals surface area contributed by atoms with Gasteiger partial charge in [-0.3, -0.25) is 4.79 Å². The fraction of sp³-hybridized carbons (Fsp3) is 0.923. The van der Waals surface area contributed by atoms with Crippen molar-refractivity contribution in [3.05, 3.63) is 0 Å². The van der Waals surface area contributed by atoms with Gasteiger partial charge in [-0.1, -0.05) is 12.8 Å². The minimum atomic E-state index is -0.321. The Bertz CT molecular complexity index is 291. The summed E-state index contributed by atoms with van der Waals surface area (Å²) in [6, 6.07) is 0.136. The third-order valence-electron chi connectivity index (χ3n) is 4.00. The molecule has 0 spiro atoms. The molecule has 1 heterocycles. The Morgan fingerprint density at radius 3 is 2.68 bits per heavy atom. The van der Waals surface area contributed by atoms with Gasteiger partial charge in [-0.15, -0.1) is 12.4 Å². The van der Waals surface area contributed by atoms with Gasteiger partial charge >= 0.3 is 0 Å². The highest BCUT2D eigenvalue weighted by Gasteiger charge is 2.33. The van der Waals surface area contributed by atoms with Crippen molar-refractivity contribution in [1.82, 2.24) is 5.32 Å². The fourth-order valence-corrected chi connectivity index (χ4v) is 2.89. The van der Waals surface area contributed by atoms with Crippen LogP contribution in [0.1, 0.15) is 38.5 Å². The molecule has 2 unspecified atom stereocenters. The second-order valence-electron chi connectivity index (χ2n) is 5.23. The van der Waals surface area contributed by atoms with Gasteiger partial charge in [-0.25, -0.2) is 0 Å². The second kappa shape index (κ2) is 8.04. The lowest BCUT2D eigenvalue weighted by Gasteiger charge is -2.31. The van der Waals surface area contributed by atoms with Crippen LogP contribution in [-0.4, -0.2) is 43.9 Å². The van der Waals surface area contributed by atoms with Crippen LogP contribution in [0.4, 0.5) is 0 Å². The van der Waals surface area contributed by atoms with Gasteiger partial charge in [-0.05, 0) is 25.7 Å². The molecule has 1 aliphatic heterocycles. The molecule has 0 aromatic rings. The van der Waals surface area contributed by atoms with Gasteiger partial charge in [0.15, 0.2) is 0 Å². The average Bonchev–Trinajstić information content (AvgIpc) is 2.88. The first-order chi connectivity index (χ1) is 8.74. The predicted octanol–water partition coefficient (Wildman–Crippen LogP) is 0.988. The van der Waals surface area contributed by atoms with Crippen LogP contribution in [0.5, 0.6) is 0 Å². The molecule has 2 aliphatic rings. The van der Waals surface area contributed by atoms with E-state index >= 15 is 0 Å². The van der Waals surface area contributed by atoms with E-state index in [0.29, 0.717) is 6.54 Å². The average molecular weight is 293 g/mol. The predicted molar refractivity (Wildman–Crippen MR) is 75.4 cm³/mol. The number of methoxy groups -OCH3 is 1. The smallest absolute Gasteiger partial charge is 0.249 e. The molecule has 3 N–H and O–H groups in total. The number of rotatable bonds is 4. The highest BCUT2D eigenvalue weighted by molar-refractivity contribution is 5.85. The van der Waals surface area contributed by atoms with Crippen LogP contribution in [0.2, 0.25) is 0 Å². The van der Waals surface area contributed by atoms with Crippen LogP contribution in [-0.2, 0) is 14.3 Å². The Morgan fingerprint density at radius 2 is 2.05 bits per heavy atom. The van der Waals surface area contributed by atoms with Crippen LogP contribution in [0.15, 0.2) is 0 Å². The monoisotopic (exact) mass is 292 g/mol. The number of halogens is 1. The molecule has 2 fully saturated rings. The molecular weight excluding hydrogens is 268 g/mol. The summed E-state index contributed by atoms with van der Waals surface area (Å²) >= 11 is 0. The molecule has 1 aliphatic carbocycles. The van der Waals surface area contributed by atoms with Crippen LogP contribution >= 0.6 is 12.4 Å². The maximum Gasteiger partial charge on any atom is 0.249 e. The fourth-order valence-electron chi connectivity index (χ4n) is 2.89. The lowest BCUT2D eigenvalue weighted by Crippen LogP contribution is -2.49. The van der Waals surface area contributed by atoms with E-state index in [0.717, 1.165) is 32.1 Å². The Labute approximate surface area is 121 Å². The molecular formula is C13H25ClN2O3. The van der Waals surface area contributed by atoms with E-state index in [1.807, 2.05) is 0 Å². The summed E-state index contributed by atoms with van der Waals surface area (Å²) in [4.78, 5) is 12.1. The molecule has 112 valence electrons. The van der Waals surface area contributed by atoms with Crippen molar-refractivity contribution in [3.63, 3.8) is 0 Å². The van der Waals surface area contributed by atoms with Crippen molar-refractivity contribution >= 4 is 18.3 Å². The Morgan fingerprint density at radius 1 is 1.32 bits per heavy atom. The highest BCUT2D eigenvalue weighted by Crippen LogP contribution is 2.23. The summed E-state index contributed by atoms with van der Waals surface area (Å²) in [6.07, 6.45) is 5.89. The number of ether oxygens (including phenoxy) is 2. The summed E-state index contributed by atoms with van der Waals surface area (Å²) in [5.74, 6) is -0.0000926. The number of carbonyl (C=O) groups is 1. The van der Waals surface area contributed by atoms with Gasteiger partial charge < -0.3 is 20.5 Å². The van der Waals surface area contributed by atoms with Crippen LogP contribution < -0.4 is 11.1 Å². The zero-order valence-corrected chi connectivity index (χ0v) is 12.3. The normalized spacial score (nSPS) is 34.6. The number of hydrogen-bond acceptors (Lipinski definition) is 4. The first kappa shape index (κ1) is 16.7. The van der Waals surface area contributed by atoms with Crippen molar-refractivity contribution in [3.8, 4) is 0 Å². The molecule has 5 nitrogen and oxygen atoms in total. The maximum atomic E-state index is 12.1. The van der Waals surface area contributed by atoms with Crippen LogP contribution in [0.3, 0.4) is 0 Å². The van der Waals surface area contributed by atoms with Crippen molar-refractivity contribution in [2.75, 3.05) is 13.7 Å². The standard InChI is InChI=1S/C13H24N2O3.ClH/c1-17-11-5-3-2-4-10(11)15-13(16)12-7-6-9(8-14)18-12;/h9-12H,2-8,14H2,1H3,(H,15,16);1H/t9-,10?,11?,12+;/m1./s1. The molecule has 0 aromatic heterocycles. The van der Waals surface area contributed by atoms with E-state index in [1.54, 1.807) is 7.11 Å². The number of carbonyl (C=O) groups excluding carboxylic acids is 1. The van der Waals surface area contributed by atoms with Crippen molar-refractivity contribution < 1.29 is 14.3 Å². The topological polar surface area (TPSA) is 73.6 Å². The van der Waals surface area contributed by atoms with Crippen molar-refractivity contribution in [1.29, 1.82) is 0 Å². The molecule has 0 bridgehead atoms. The molecule has 0 aromatic carbocycles. The zero-order chi connectivity index (χ0) is 13.0. The quantitative estimate of drug-likeness (QED) is 0.810. The molecule has 2 rings (SSSR count). The maximum absolute atomic E-state index is 12.1. The van der Waals surface area contributed by atoms with Crippen LogP contribution in [0, 0.1) is 0 Å². The van der Waals surface area contributed by atoms with E-state index in [9.17, 15) is 4.79 Å². The first-order valence-corrected chi connectivity index (χ1v) is 6.93. The summed E-state index contributed by atoms with van der Waals surface area (Å²) < 4.78 is 11.0. The van der Waals surface area contributed by atoms with E-state index in [4.69, 9.17) is 15.2 Å². The summed E-state index contributed by atoms with van der Waals surface area (Å²) in [5, 5.41) is 3.08. The third kappa shape index (κ3) is 4.31. The summed E-state index contributed by atoms with van der Waals surface area (Å²) in [5.41, 5.74) is 5.55. The first-order valence-electron chi connectivity index (χ1n) is 6.93. The molecule has 0 radical (unpaired) electrons. The Hall–Kier alpha value is -0.360. The van der Waals surface area contributed by atoms with E-state index in [-0.39, 0.29) is 42.7 Å². The number of amides is 1. The molecule has 1 saturated heterocycles. The van der Waals surface area contributed by atoms with E-state index < -0.39 is 0 Å². The van der Waals surface area contributed by atoms with Crippen molar-refractivity contribution in [2.45, 2.75) is 62.9 Å². The minimum Gasteiger partial charge on any atom is -0.379 e. The van der Waals surface area contributed by atoms with Crippen molar-refractivity contribution in [2.24, 2.45) is 5.73 Å². The van der Waals surface area contributed by atoms with Gasteiger partial charge in [0.1, 0.15) is 6.10 Å². The minimum absolute atomic E-state index is 0. The number of nitrogens with two attached hydrogens (primary N) is 1. The molecule has 4 atom stereocenters. The Balaban J connectivity index is 0.00000180. The molecule has 1 saturated carbocycles. The second-order valence-corrected chi connectivity index (χ2v) is 5.23. The molecule has 1 amide bonds.